The van der Waals surface area contributed by atoms with E-state index in [1.165, 1.54) is 17.0 Å². The number of likely N-dealkylation sites (N-methyl/N-ethyl adjacent to an activating group) is 1. The van der Waals surface area contributed by atoms with Gasteiger partial charge in [-0.05, 0) is 18.6 Å². The van der Waals surface area contributed by atoms with Crippen LogP contribution in [0.1, 0.15) is 25.3 Å². The van der Waals surface area contributed by atoms with Gasteiger partial charge in [-0.25, -0.2) is 0 Å². The lowest BCUT2D eigenvalue weighted by Gasteiger charge is -2.19. The maximum atomic E-state index is 14.1. The quantitative estimate of drug-likeness (QED) is 0.696. The lowest BCUT2D eigenvalue weighted by molar-refractivity contribution is -0.128. The molecule has 0 aliphatic heterocycles. The molecule has 1 aromatic rings. The van der Waals surface area contributed by atoms with Crippen molar-refractivity contribution in [3.05, 3.63) is 29.8 Å². The Bertz CT molecular complexity index is 485. The van der Waals surface area contributed by atoms with Crippen molar-refractivity contribution in [2.45, 2.75) is 25.7 Å². The number of benzene rings is 1. The second-order valence-electron chi connectivity index (χ2n) is 5.33. The van der Waals surface area contributed by atoms with Gasteiger partial charge in [0.05, 0.1) is 19.7 Å². The number of hydrogen-bond acceptors (Lipinski definition) is 3. The highest BCUT2D eigenvalue weighted by molar-refractivity contribution is 5.85. The first-order chi connectivity index (χ1) is 10.4. The number of alkyl halides is 2. The van der Waals surface area contributed by atoms with Crippen molar-refractivity contribution in [1.29, 1.82) is 0 Å². The Balaban J connectivity index is 0.00000484. The fraction of sp³-hybridized carbons (Fsp3) is 0.562. The number of nitrogens with zero attached hydrogens (tertiary/aromatic N) is 1. The normalized spacial score (nSPS) is 10.8. The molecule has 1 amide bonds. The summed E-state index contributed by atoms with van der Waals surface area (Å²) in [5, 5.41) is 2.50. The van der Waals surface area contributed by atoms with Gasteiger partial charge in [0.15, 0.2) is 0 Å². The van der Waals surface area contributed by atoms with Gasteiger partial charge in [-0.15, -0.1) is 12.4 Å². The van der Waals surface area contributed by atoms with Gasteiger partial charge in [-0.2, -0.15) is 8.78 Å². The zero-order valence-electron chi connectivity index (χ0n) is 13.8. The van der Waals surface area contributed by atoms with E-state index >= 15 is 0 Å². The van der Waals surface area contributed by atoms with Gasteiger partial charge in [0, 0.05) is 19.7 Å². The van der Waals surface area contributed by atoms with Gasteiger partial charge < -0.3 is 15.0 Å². The number of rotatable bonds is 9. The molecule has 0 unspecified atom stereocenters. The standard InChI is InChI=1S/C16H24F2N2O2.ClH/c1-4-5-9-22-14-8-6-7-13(10-14)16(17,18)12-19-11-15(21)20(2)3;/h6-8,10,19H,4-5,9,11-12H2,1-3H3;1H. The van der Waals surface area contributed by atoms with Crippen LogP contribution in [0.4, 0.5) is 8.78 Å². The van der Waals surface area contributed by atoms with Crippen LogP contribution >= 0.6 is 12.4 Å². The minimum absolute atomic E-state index is 0. The van der Waals surface area contributed by atoms with E-state index in [9.17, 15) is 13.6 Å². The Labute approximate surface area is 142 Å². The monoisotopic (exact) mass is 350 g/mol. The fourth-order valence-electron chi connectivity index (χ4n) is 1.73. The number of ether oxygens (including phenoxy) is 1. The summed E-state index contributed by atoms with van der Waals surface area (Å²) in [6.45, 7) is 1.84. The maximum absolute atomic E-state index is 14.1. The van der Waals surface area contributed by atoms with Gasteiger partial charge >= 0.3 is 0 Å². The summed E-state index contributed by atoms with van der Waals surface area (Å²) in [5.74, 6) is -2.86. The number of amides is 1. The number of hydrogen-bond donors (Lipinski definition) is 1. The smallest absolute Gasteiger partial charge is 0.285 e. The van der Waals surface area contributed by atoms with E-state index in [1.807, 2.05) is 6.92 Å². The predicted molar refractivity (Wildman–Crippen MR) is 89.6 cm³/mol. The first-order valence-electron chi connectivity index (χ1n) is 7.39. The topological polar surface area (TPSA) is 41.6 Å². The van der Waals surface area contributed by atoms with Gasteiger partial charge in [0.1, 0.15) is 5.75 Å². The third-order valence-corrected chi connectivity index (χ3v) is 3.15. The highest BCUT2D eigenvalue weighted by atomic mass is 35.5. The van der Waals surface area contributed by atoms with Gasteiger partial charge in [0.25, 0.3) is 5.92 Å². The van der Waals surface area contributed by atoms with Gasteiger partial charge in [-0.3, -0.25) is 4.79 Å². The van der Waals surface area contributed by atoms with Crippen molar-refractivity contribution in [2.24, 2.45) is 0 Å². The van der Waals surface area contributed by atoms with Crippen molar-refractivity contribution < 1.29 is 18.3 Å². The van der Waals surface area contributed by atoms with E-state index in [0.29, 0.717) is 12.4 Å². The molecule has 1 rings (SSSR count). The Morgan fingerprint density at radius 3 is 2.65 bits per heavy atom. The molecule has 0 heterocycles. The highest BCUT2D eigenvalue weighted by Gasteiger charge is 2.31. The SMILES string of the molecule is CCCCOc1cccc(C(F)(F)CNCC(=O)N(C)C)c1.Cl. The van der Waals surface area contributed by atoms with Crippen molar-refractivity contribution in [2.75, 3.05) is 33.8 Å². The van der Waals surface area contributed by atoms with E-state index in [2.05, 4.69) is 5.32 Å². The van der Waals surface area contributed by atoms with Crippen LogP contribution < -0.4 is 10.1 Å². The van der Waals surface area contributed by atoms with Crippen molar-refractivity contribution in [1.82, 2.24) is 10.2 Å². The Hall–Kier alpha value is -1.40. The van der Waals surface area contributed by atoms with Gasteiger partial charge in [-0.1, -0.05) is 25.5 Å². The molecule has 0 atom stereocenters. The van der Waals surface area contributed by atoms with Crippen LogP contribution in [-0.2, 0) is 10.7 Å². The van der Waals surface area contributed by atoms with E-state index in [1.54, 1.807) is 26.2 Å². The number of carbonyl (C=O) groups is 1. The molecule has 23 heavy (non-hydrogen) atoms. The molecule has 0 radical (unpaired) electrons. The molecular weight excluding hydrogens is 326 g/mol. The minimum atomic E-state index is -3.06. The Morgan fingerprint density at radius 1 is 1.35 bits per heavy atom. The van der Waals surface area contributed by atoms with Crippen LogP contribution in [0.3, 0.4) is 0 Å². The fourth-order valence-corrected chi connectivity index (χ4v) is 1.73. The third kappa shape index (κ3) is 7.61. The zero-order valence-corrected chi connectivity index (χ0v) is 14.6. The van der Waals surface area contributed by atoms with Crippen LogP contribution in [0.15, 0.2) is 24.3 Å². The lowest BCUT2D eigenvalue weighted by Crippen LogP contribution is -2.38. The van der Waals surface area contributed by atoms with E-state index < -0.39 is 12.5 Å². The molecule has 4 nitrogen and oxygen atoms in total. The second kappa shape index (κ2) is 10.4. The molecule has 7 heteroatoms. The summed E-state index contributed by atoms with van der Waals surface area (Å²) in [6, 6.07) is 5.93. The Morgan fingerprint density at radius 2 is 2.04 bits per heavy atom. The summed E-state index contributed by atoms with van der Waals surface area (Å²) >= 11 is 0. The number of halogens is 3. The van der Waals surface area contributed by atoms with Crippen molar-refractivity contribution >= 4 is 18.3 Å². The molecule has 1 N–H and O–H groups in total. The van der Waals surface area contributed by atoms with Crippen molar-refractivity contribution in [3.63, 3.8) is 0 Å². The van der Waals surface area contributed by atoms with Crippen LogP contribution in [0.2, 0.25) is 0 Å². The molecule has 0 spiro atoms. The Kier molecular flexibility index (Phi) is 9.76. The minimum Gasteiger partial charge on any atom is -0.494 e. The lowest BCUT2D eigenvalue weighted by atomic mass is 10.1. The zero-order chi connectivity index (χ0) is 16.6. The summed E-state index contributed by atoms with van der Waals surface area (Å²) in [5.41, 5.74) is -0.119. The maximum Gasteiger partial charge on any atom is 0.285 e. The highest BCUT2D eigenvalue weighted by Crippen LogP contribution is 2.29. The van der Waals surface area contributed by atoms with Crippen LogP contribution in [0, 0.1) is 0 Å². The van der Waals surface area contributed by atoms with Gasteiger partial charge in [0.2, 0.25) is 5.91 Å². The molecule has 1 aromatic carbocycles. The summed E-state index contributed by atoms with van der Waals surface area (Å²) in [6.07, 6.45) is 1.87. The average Bonchev–Trinajstić information content (AvgIpc) is 2.47. The largest absolute Gasteiger partial charge is 0.494 e. The van der Waals surface area contributed by atoms with Crippen LogP contribution in [-0.4, -0.2) is 44.6 Å². The second-order valence-corrected chi connectivity index (χ2v) is 5.33. The molecular formula is C16H25ClF2N2O2. The molecule has 0 saturated heterocycles. The average molecular weight is 351 g/mol. The summed E-state index contributed by atoms with van der Waals surface area (Å²) in [4.78, 5) is 12.7. The summed E-state index contributed by atoms with van der Waals surface area (Å²) < 4.78 is 33.7. The number of unbranched alkanes of at least 4 members (excludes halogenated alkanes) is 1. The molecule has 0 aromatic heterocycles. The molecule has 0 fully saturated rings. The predicted octanol–water partition coefficient (Wildman–Crippen LogP) is 3.06. The first-order valence-corrected chi connectivity index (χ1v) is 7.39. The molecule has 0 bridgehead atoms. The summed E-state index contributed by atoms with van der Waals surface area (Å²) in [7, 11) is 3.17. The number of carbonyl (C=O) groups excluding carboxylic acids is 1. The van der Waals surface area contributed by atoms with Crippen LogP contribution in [0.25, 0.3) is 0 Å². The number of nitrogens with one attached hydrogen (secondary N) is 1. The van der Waals surface area contributed by atoms with Crippen molar-refractivity contribution in [3.8, 4) is 5.75 Å². The molecule has 0 aliphatic rings. The van der Waals surface area contributed by atoms with E-state index in [0.717, 1.165) is 12.8 Å². The first kappa shape index (κ1) is 21.6. The molecule has 132 valence electrons. The molecule has 0 saturated carbocycles. The third-order valence-electron chi connectivity index (χ3n) is 3.15. The van der Waals surface area contributed by atoms with Crippen LogP contribution in [0.5, 0.6) is 5.75 Å². The molecule has 0 aliphatic carbocycles. The van der Waals surface area contributed by atoms with E-state index in [4.69, 9.17) is 4.74 Å². The van der Waals surface area contributed by atoms with E-state index in [-0.39, 0.29) is 30.4 Å².